The number of aliphatic hydroxyl groups excluding tert-OH is 1. The Hall–Kier alpha value is -0.220. The second-order valence-corrected chi connectivity index (χ2v) is 6.63. The van der Waals surface area contributed by atoms with Gasteiger partial charge in [0, 0.05) is 0 Å². The molecule has 0 aliphatic rings. The molecule has 1 atom stereocenters. The topological polar surface area (TPSA) is 46.5 Å². The molecule has 0 heterocycles. The third-order valence-corrected chi connectivity index (χ3v) is 4.25. The zero-order valence-electron chi connectivity index (χ0n) is 13.9. The molecule has 21 heavy (non-hydrogen) atoms. The highest BCUT2D eigenvalue weighted by Crippen LogP contribution is 2.10. The zero-order valence-corrected chi connectivity index (χ0v) is 14.8. The Balaban J connectivity index is 3.23. The number of aliphatic hydroxyl groups is 1. The first kappa shape index (κ1) is 20.8. The number of carbonyl (C=O) groups excluding carboxylic acids is 1. The van der Waals surface area contributed by atoms with Crippen molar-refractivity contribution in [3.05, 3.63) is 0 Å². The van der Waals surface area contributed by atoms with Crippen molar-refractivity contribution < 1.29 is 14.6 Å². The molecule has 0 radical (unpaired) electrons. The minimum Gasteiger partial charge on any atom is -0.464 e. The molecule has 0 aromatic rings. The van der Waals surface area contributed by atoms with Gasteiger partial charge < -0.3 is 9.84 Å². The van der Waals surface area contributed by atoms with Crippen molar-refractivity contribution in [3.8, 4) is 0 Å². The van der Waals surface area contributed by atoms with Crippen LogP contribution in [0, 0.1) is 0 Å². The van der Waals surface area contributed by atoms with Gasteiger partial charge in [0.25, 0.3) is 0 Å². The van der Waals surface area contributed by atoms with Crippen molar-refractivity contribution in [1.82, 2.24) is 0 Å². The van der Waals surface area contributed by atoms with Crippen molar-refractivity contribution in [2.75, 3.05) is 18.6 Å². The van der Waals surface area contributed by atoms with E-state index in [1.807, 2.05) is 6.26 Å². The third kappa shape index (κ3) is 14.5. The van der Waals surface area contributed by atoms with Crippen LogP contribution in [-0.2, 0) is 9.53 Å². The first-order valence-corrected chi connectivity index (χ1v) is 9.95. The maximum Gasteiger partial charge on any atom is 0.334 e. The van der Waals surface area contributed by atoms with Gasteiger partial charge in [0.2, 0.25) is 0 Å². The summed E-state index contributed by atoms with van der Waals surface area (Å²) in [6, 6.07) is 0. The van der Waals surface area contributed by atoms with Crippen molar-refractivity contribution in [1.29, 1.82) is 0 Å². The first-order valence-electron chi connectivity index (χ1n) is 8.56. The second-order valence-electron chi connectivity index (χ2n) is 5.65. The van der Waals surface area contributed by atoms with Crippen molar-refractivity contribution in [2.24, 2.45) is 0 Å². The summed E-state index contributed by atoms with van der Waals surface area (Å²) in [5.74, 6) is 0.328. The molecule has 0 aromatic heterocycles. The summed E-state index contributed by atoms with van der Waals surface area (Å²) >= 11 is 1.63. The average molecular weight is 319 g/mol. The van der Waals surface area contributed by atoms with Crippen LogP contribution in [0.4, 0.5) is 0 Å². The van der Waals surface area contributed by atoms with Gasteiger partial charge in [-0.05, 0) is 24.9 Å². The summed E-state index contributed by atoms with van der Waals surface area (Å²) in [6.45, 7) is 2.69. The summed E-state index contributed by atoms with van der Waals surface area (Å²) in [4.78, 5) is 11.4. The van der Waals surface area contributed by atoms with Crippen LogP contribution >= 0.6 is 11.8 Å². The van der Waals surface area contributed by atoms with Crippen LogP contribution in [-0.4, -0.2) is 35.8 Å². The monoisotopic (exact) mass is 318 g/mol. The molecule has 0 amide bonds. The highest BCUT2D eigenvalue weighted by Gasteiger charge is 2.15. The Morgan fingerprint density at radius 1 is 1.00 bits per heavy atom. The summed E-state index contributed by atoms with van der Waals surface area (Å²) in [7, 11) is 0. The van der Waals surface area contributed by atoms with Crippen LogP contribution < -0.4 is 0 Å². The molecule has 4 heteroatoms. The number of ether oxygens (including phenoxy) is 1. The number of rotatable bonds is 15. The SMILES string of the molecule is CCCCCCCCCCCCOC(=O)[C@@H](O)CCSC. The lowest BCUT2D eigenvalue weighted by atomic mass is 10.1. The molecule has 0 saturated heterocycles. The Morgan fingerprint density at radius 2 is 1.52 bits per heavy atom. The largest absolute Gasteiger partial charge is 0.464 e. The molecule has 1 N–H and O–H groups in total. The summed E-state index contributed by atoms with van der Waals surface area (Å²) < 4.78 is 5.07. The van der Waals surface area contributed by atoms with Crippen LogP contribution in [0.3, 0.4) is 0 Å². The molecule has 0 aliphatic heterocycles. The number of carbonyl (C=O) groups is 1. The average Bonchev–Trinajstić information content (AvgIpc) is 2.49. The number of unbranched alkanes of at least 4 members (excludes halogenated alkanes) is 9. The molecule has 126 valence electrons. The molecule has 3 nitrogen and oxygen atoms in total. The van der Waals surface area contributed by atoms with E-state index in [1.54, 1.807) is 11.8 Å². The van der Waals surface area contributed by atoms with E-state index in [1.165, 1.54) is 51.4 Å². The van der Waals surface area contributed by atoms with Gasteiger partial charge in [-0.3, -0.25) is 0 Å². The quantitative estimate of drug-likeness (QED) is 0.355. The van der Waals surface area contributed by atoms with Crippen LogP contribution in [0.15, 0.2) is 0 Å². The van der Waals surface area contributed by atoms with Crippen LogP contribution in [0.1, 0.15) is 77.6 Å². The van der Waals surface area contributed by atoms with Gasteiger partial charge in [0.1, 0.15) is 0 Å². The molecular weight excluding hydrogens is 284 g/mol. The Morgan fingerprint density at radius 3 is 2.05 bits per heavy atom. The molecule has 0 aliphatic carbocycles. The van der Waals surface area contributed by atoms with Crippen molar-refractivity contribution in [3.63, 3.8) is 0 Å². The maximum absolute atomic E-state index is 11.4. The van der Waals surface area contributed by atoms with E-state index < -0.39 is 12.1 Å². The highest BCUT2D eigenvalue weighted by atomic mass is 32.2. The van der Waals surface area contributed by atoms with E-state index in [-0.39, 0.29) is 0 Å². The fourth-order valence-corrected chi connectivity index (χ4v) is 2.66. The van der Waals surface area contributed by atoms with Gasteiger partial charge >= 0.3 is 5.97 Å². The molecule has 0 rings (SSSR count). The zero-order chi connectivity index (χ0) is 15.8. The fourth-order valence-electron chi connectivity index (χ4n) is 2.21. The molecule has 0 fully saturated rings. The number of hydrogen-bond donors (Lipinski definition) is 1. The Kier molecular flexibility index (Phi) is 16.0. The molecular formula is C17H34O3S. The normalized spacial score (nSPS) is 12.3. The minimum atomic E-state index is -0.944. The lowest BCUT2D eigenvalue weighted by Gasteiger charge is -2.09. The van der Waals surface area contributed by atoms with Crippen molar-refractivity contribution >= 4 is 17.7 Å². The Bertz CT molecular complexity index is 234. The highest BCUT2D eigenvalue weighted by molar-refractivity contribution is 7.98. The molecule has 0 bridgehead atoms. The predicted octanol–water partition coefficient (Wildman–Crippen LogP) is 4.56. The predicted molar refractivity (Wildman–Crippen MR) is 91.8 cm³/mol. The number of esters is 1. The molecule has 0 spiro atoms. The smallest absolute Gasteiger partial charge is 0.334 e. The number of thioether (sulfide) groups is 1. The lowest BCUT2D eigenvalue weighted by molar-refractivity contribution is -0.153. The third-order valence-electron chi connectivity index (χ3n) is 3.61. The van der Waals surface area contributed by atoms with Crippen LogP contribution in [0.25, 0.3) is 0 Å². The lowest BCUT2D eigenvalue weighted by Crippen LogP contribution is -2.24. The molecule has 0 unspecified atom stereocenters. The van der Waals surface area contributed by atoms with Crippen LogP contribution in [0.2, 0.25) is 0 Å². The second kappa shape index (κ2) is 16.2. The van der Waals surface area contributed by atoms with Gasteiger partial charge in [0.05, 0.1) is 6.61 Å². The molecule has 0 aromatic carbocycles. The van der Waals surface area contributed by atoms with Crippen molar-refractivity contribution in [2.45, 2.75) is 83.7 Å². The number of hydrogen-bond acceptors (Lipinski definition) is 4. The van der Waals surface area contributed by atoms with E-state index in [0.29, 0.717) is 13.0 Å². The summed E-state index contributed by atoms with van der Waals surface area (Å²) in [5, 5.41) is 9.52. The van der Waals surface area contributed by atoms with E-state index in [2.05, 4.69) is 6.92 Å². The summed E-state index contributed by atoms with van der Waals surface area (Å²) in [5.41, 5.74) is 0. The van der Waals surface area contributed by atoms with Crippen LogP contribution in [0.5, 0.6) is 0 Å². The van der Waals surface area contributed by atoms with Gasteiger partial charge in [-0.2, -0.15) is 11.8 Å². The Labute approximate surface area is 135 Å². The van der Waals surface area contributed by atoms with E-state index in [9.17, 15) is 9.90 Å². The fraction of sp³-hybridized carbons (Fsp3) is 0.941. The van der Waals surface area contributed by atoms with Gasteiger partial charge in [0.15, 0.2) is 6.10 Å². The summed E-state index contributed by atoms with van der Waals surface area (Å²) in [6.07, 6.45) is 14.2. The van der Waals surface area contributed by atoms with E-state index >= 15 is 0 Å². The van der Waals surface area contributed by atoms with Gasteiger partial charge in [-0.1, -0.05) is 64.7 Å². The van der Waals surface area contributed by atoms with E-state index in [0.717, 1.165) is 18.6 Å². The van der Waals surface area contributed by atoms with Gasteiger partial charge in [-0.15, -0.1) is 0 Å². The molecule has 0 saturated carbocycles. The maximum atomic E-state index is 11.4. The van der Waals surface area contributed by atoms with E-state index in [4.69, 9.17) is 4.74 Å². The van der Waals surface area contributed by atoms with Gasteiger partial charge in [-0.25, -0.2) is 4.79 Å². The minimum absolute atomic E-state index is 0.450. The first-order chi connectivity index (χ1) is 10.2. The standard InChI is InChI=1S/C17H34O3S/c1-3-4-5-6-7-8-9-10-11-12-14-20-17(19)16(18)13-15-21-2/h16,18H,3-15H2,1-2H3/t16-/m0/s1.